The van der Waals surface area contributed by atoms with Gasteiger partial charge in [-0.15, -0.1) is 0 Å². The van der Waals surface area contributed by atoms with E-state index in [1.165, 1.54) is 11.9 Å². The molecule has 0 heterocycles. The molecule has 0 spiro atoms. The first-order chi connectivity index (χ1) is 7.99. The third-order valence-electron chi connectivity index (χ3n) is 2.53. The highest BCUT2D eigenvalue weighted by Crippen LogP contribution is 2.20. The highest BCUT2D eigenvalue weighted by atomic mass is 19.1. The summed E-state index contributed by atoms with van der Waals surface area (Å²) in [5.41, 5.74) is 4.51. The number of halogens is 2. The van der Waals surface area contributed by atoms with Crippen LogP contribution in [-0.4, -0.2) is 24.4 Å². The lowest BCUT2D eigenvalue weighted by Crippen LogP contribution is -2.29. The van der Waals surface area contributed by atoms with Gasteiger partial charge in [-0.25, -0.2) is 8.78 Å². The smallest absolute Gasteiger partial charge is 0.259 e. The average molecular weight is 242 g/mol. The van der Waals surface area contributed by atoms with Gasteiger partial charge in [0.1, 0.15) is 11.4 Å². The summed E-state index contributed by atoms with van der Waals surface area (Å²) >= 11 is 0. The van der Waals surface area contributed by atoms with Crippen LogP contribution in [0.4, 0.5) is 14.5 Å². The van der Waals surface area contributed by atoms with Crippen molar-refractivity contribution < 1.29 is 13.6 Å². The number of benzene rings is 1. The molecule has 0 fully saturated rings. The number of nitrogens with two attached hydrogens (primary N) is 1. The summed E-state index contributed by atoms with van der Waals surface area (Å²) in [4.78, 5) is 13.1. The van der Waals surface area contributed by atoms with Gasteiger partial charge >= 0.3 is 0 Å². The molecule has 0 aliphatic rings. The van der Waals surface area contributed by atoms with Gasteiger partial charge in [0, 0.05) is 13.6 Å². The molecule has 0 aromatic heterocycles. The van der Waals surface area contributed by atoms with Crippen LogP contribution in [-0.2, 0) is 0 Å². The lowest BCUT2D eigenvalue weighted by Gasteiger charge is -2.17. The zero-order valence-electron chi connectivity index (χ0n) is 9.96. The predicted octanol–water partition coefficient (Wildman–Crippen LogP) is 2.42. The summed E-state index contributed by atoms with van der Waals surface area (Å²) in [6.45, 7) is 2.43. The van der Waals surface area contributed by atoms with Crippen LogP contribution in [0, 0.1) is 11.6 Å². The molecular formula is C12H16F2N2O. The number of anilines is 1. The molecule has 1 amide bonds. The maximum absolute atomic E-state index is 13.6. The average Bonchev–Trinajstić information content (AvgIpc) is 2.31. The number of nitrogen functional groups attached to an aromatic ring is 1. The second-order valence-electron chi connectivity index (χ2n) is 3.91. The Morgan fingerprint density at radius 2 is 2.06 bits per heavy atom. The standard InChI is InChI=1S/C12H16F2N2O/c1-3-4-7-16(2)12(17)10-8(13)5-6-9(15)11(10)14/h5-6H,3-4,7,15H2,1-2H3. The molecule has 1 aromatic rings. The number of unbranched alkanes of at least 4 members (excludes halogenated alkanes) is 1. The van der Waals surface area contributed by atoms with E-state index >= 15 is 0 Å². The van der Waals surface area contributed by atoms with E-state index in [4.69, 9.17) is 5.73 Å². The fourth-order valence-corrected chi connectivity index (χ4v) is 1.45. The molecule has 0 bridgehead atoms. The van der Waals surface area contributed by atoms with E-state index in [1.807, 2.05) is 6.92 Å². The van der Waals surface area contributed by atoms with E-state index in [0.717, 1.165) is 25.0 Å². The fourth-order valence-electron chi connectivity index (χ4n) is 1.45. The highest BCUT2D eigenvalue weighted by molar-refractivity contribution is 5.95. The number of nitrogens with zero attached hydrogens (tertiary/aromatic N) is 1. The van der Waals surface area contributed by atoms with Gasteiger partial charge in [0.25, 0.3) is 5.91 Å². The Hall–Kier alpha value is -1.65. The SMILES string of the molecule is CCCCN(C)C(=O)c1c(F)ccc(N)c1F. The summed E-state index contributed by atoms with van der Waals surface area (Å²) in [7, 11) is 1.51. The van der Waals surface area contributed by atoms with Crippen molar-refractivity contribution in [1.82, 2.24) is 4.90 Å². The minimum absolute atomic E-state index is 0.223. The molecule has 2 N–H and O–H groups in total. The Kier molecular flexibility index (Phi) is 4.43. The Morgan fingerprint density at radius 3 is 2.65 bits per heavy atom. The van der Waals surface area contributed by atoms with Crippen LogP contribution in [0.25, 0.3) is 0 Å². The first kappa shape index (κ1) is 13.4. The molecule has 1 rings (SSSR count). The van der Waals surface area contributed by atoms with E-state index in [-0.39, 0.29) is 5.69 Å². The molecular weight excluding hydrogens is 226 g/mol. The van der Waals surface area contributed by atoms with Gasteiger partial charge < -0.3 is 10.6 Å². The molecule has 0 aliphatic carbocycles. The Morgan fingerprint density at radius 1 is 1.41 bits per heavy atom. The minimum Gasteiger partial charge on any atom is -0.396 e. The molecule has 17 heavy (non-hydrogen) atoms. The van der Waals surface area contributed by atoms with Crippen LogP contribution in [0.15, 0.2) is 12.1 Å². The molecule has 1 aromatic carbocycles. The Balaban J connectivity index is 2.99. The number of amides is 1. The number of hydrogen-bond acceptors (Lipinski definition) is 2. The van der Waals surface area contributed by atoms with Crippen molar-refractivity contribution in [3.8, 4) is 0 Å². The van der Waals surface area contributed by atoms with Gasteiger partial charge in [-0.1, -0.05) is 13.3 Å². The first-order valence-corrected chi connectivity index (χ1v) is 5.48. The predicted molar refractivity (Wildman–Crippen MR) is 62.6 cm³/mol. The highest BCUT2D eigenvalue weighted by Gasteiger charge is 2.22. The summed E-state index contributed by atoms with van der Waals surface area (Å²) < 4.78 is 27.0. The van der Waals surface area contributed by atoms with E-state index in [0.29, 0.717) is 6.54 Å². The lowest BCUT2D eigenvalue weighted by atomic mass is 10.1. The molecule has 0 atom stereocenters. The van der Waals surface area contributed by atoms with Crippen molar-refractivity contribution in [3.05, 3.63) is 29.3 Å². The molecule has 0 aliphatic heterocycles. The maximum atomic E-state index is 13.6. The molecule has 0 saturated heterocycles. The molecule has 0 saturated carbocycles. The quantitative estimate of drug-likeness (QED) is 0.824. The van der Waals surface area contributed by atoms with Crippen molar-refractivity contribution in [3.63, 3.8) is 0 Å². The zero-order valence-corrected chi connectivity index (χ0v) is 9.96. The fraction of sp³-hybridized carbons (Fsp3) is 0.417. The van der Waals surface area contributed by atoms with Crippen molar-refractivity contribution in [2.24, 2.45) is 0 Å². The number of carbonyl (C=O) groups is 1. The van der Waals surface area contributed by atoms with Gasteiger partial charge in [-0.3, -0.25) is 4.79 Å². The number of rotatable bonds is 4. The van der Waals surface area contributed by atoms with Crippen LogP contribution < -0.4 is 5.73 Å². The van der Waals surface area contributed by atoms with Crippen molar-refractivity contribution in [1.29, 1.82) is 0 Å². The summed E-state index contributed by atoms with van der Waals surface area (Å²) in [5, 5.41) is 0. The molecule has 3 nitrogen and oxygen atoms in total. The lowest BCUT2D eigenvalue weighted by molar-refractivity contribution is 0.0784. The zero-order chi connectivity index (χ0) is 13.0. The van der Waals surface area contributed by atoms with Crippen LogP contribution in [0.2, 0.25) is 0 Å². The number of carbonyl (C=O) groups excluding carboxylic acids is 1. The Bertz CT molecular complexity index is 421. The van der Waals surface area contributed by atoms with Crippen molar-refractivity contribution >= 4 is 11.6 Å². The molecule has 5 heteroatoms. The third-order valence-corrected chi connectivity index (χ3v) is 2.53. The van der Waals surface area contributed by atoms with E-state index in [1.54, 1.807) is 0 Å². The molecule has 0 unspecified atom stereocenters. The monoisotopic (exact) mass is 242 g/mol. The summed E-state index contributed by atoms with van der Waals surface area (Å²) in [5.74, 6) is -2.55. The normalized spacial score (nSPS) is 10.4. The van der Waals surface area contributed by atoms with E-state index < -0.39 is 23.1 Å². The molecule has 0 radical (unpaired) electrons. The van der Waals surface area contributed by atoms with E-state index in [9.17, 15) is 13.6 Å². The van der Waals surface area contributed by atoms with Crippen molar-refractivity contribution in [2.45, 2.75) is 19.8 Å². The molecule has 94 valence electrons. The van der Waals surface area contributed by atoms with E-state index in [2.05, 4.69) is 0 Å². The van der Waals surface area contributed by atoms with Crippen LogP contribution in [0.3, 0.4) is 0 Å². The van der Waals surface area contributed by atoms with Gasteiger partial charge in [0.2, 0.25) is 0 Å². The van der Waals surface area contributed by atoms with Crippen LogP contribution in [0.1, 0.15) is 30.1 Å². The maximum Gasteiger partial charge on any atom is 0.259 e. The van der Waals surface area contributed by atoms with Gasteiger partial charge in [-0.05, 0) is 18.6 Å². The Labute approximate surface area is 99.2 Å². The van der Waals surface area contributed by atoms with Gasteiger partial charge in [0.05, 0.1) is 5.69 Å². The minimum atomic E-state index is -0.988. The van der Waals surface area contributed by atoms with Crippen molar-refractivity contribution in [2.75, 3.05) is 19.3 Å². The second kappa shape index (κ2) is 5.61. The van der Waals surface area contributed by atoms with Crippen LogP contribution in [0.5, 0.6) is 0 Å². The largest absolute Gasteiger partial charge is 0.396 e. The van der Waals surface area contributed by atoms with Gasteiger partial charge in [0.15, 0.2) is 5.82 Å². The summed E-state index contributed by atoms with van der Waals surface area (Å²) in [6.07, 6.45) is 1.69. The van der Waals surface area contributed by atoms with Crippen LogP contribution >= 0.6 is 0 Å². The topological polar surface area (TPSA) is 46.3 Å². The third kappa shape index (κ3) is 2.93. The summed E-state index contributed by atoms with van der Waals surface area (Å²) in [6, 6.07) is 2.10. The number of hydrogen-bond donors (Lipinski definition) is 1. The first-order valence-electron chi connectivity index (χ1n) is 5.48. The van der Waals surface area contributed by atoms with Gasteiger partial charge in [-0.2, -0.15) is 0 Å². The second-order valence-corrected chi connectivity index (χ2v) is 3.91.